The van der Waals surface area contributed by atoms with Gasteiger partial charge in [0, 0.05) is 12.1 Å². The zero-order chi connectivity index (χ0) is 23.0. The molecule has 0 saturated heterocycles. The summed E-state index contributed by atoms with van der Waals surface area (Å²) in [4.78, 5) is 0. The Bertz CT molecular complexity index is 534. The maximum absolute atomic E-state index is 11.1. The lowest BCUT2D eigenvalue weighted by atomic mass is 9.55. The Morgan fingerprint density at radius 3 is 1.31 bits per heavy atom. The van der Waals surface area contributed by atoms with Gasteiger partial charge in [-0.05, 0) is 66.1 Å². The first-order valence-electron chi connectivity index (χ1n) is 14.2. The van der Waals surface area contributed by atoms with Crippen LogP contribution in [-0.2, 0) is 0 Å². The molecule has 32 heavy (non-hydrogen) atoms. The van der Waals surface area contributed by atoms with E-state index in [1.165, 1.54) is 64.2 Å². The van der Waals surface area contributed by atoms with E-state index in [0.717, 1.165) is 12.8 Å². The second kappa shape index (κ2) is 10.6. The maximum atomic E-state index is 11.1. The largest absolute Gasteiger partial charge is 0.391 e. The molecule has 6 N–H and O–H groups in total. The summed E-state index contributed by atoms with van der Waals surface area (Å²) in [5, 5.41) is 22.3. The average Bonchev–Trinajstić information content (AvgIpc) is 2.82. The number of aliphatic hydroxyl groups is 2. The molecule has 0 heterocycles. The minimum atomic E-state index is -0.348. The van der Waals surface area contributed by atoms with Crippen LogP contribution < -0.4 is 11.5 Å². The first-order chi connectivity index (χ1) is 15.3. The molecule has 4 aliphatic carbocycles. The molecule has 186 valence electrons. The van der Waals surface area contributed by atoms with Gasteiger partial charge in [0.25, 0.3) is 0 Å². The van der Waals surface area contributed by atoms with Crippen LogP contribution in [0.1, 0.15) is 97.8 Å². The molecule has 0 aromatic heterocycles. The average molecular weight is 449 g/mol. The molecule has 4 aliphatic rings. The Morgan fingerprint density at radius 1 is 0.625 bits per heavy atom. The minimum absolute atomic E-state index is 0.115. The van der Waals surface area contributed by atoms with Gasteiger partial charge >= 0.3 is 0 Å². The zero-order valence-corrected chi connectivity index (χ0v) is 21.0. The highest BCUT2D eigenvalue weighted by molar-refractivity contribution is 5.02. The molecule has 0 aromatic rings. The summed E-state index contributed by atoms with van der Waals surface area (Å²) < 4.78 is 0. The molecule has 4 rings (SSSR count). The van der Waals surface area contributed by atoms with Crippen LogP contribution in [0.15, 0.2) is 0 Å². The second-order valence-electron chi connectivity index (χ2n) is 12.6. The van der Waals surface area contributed by atoms with E-state index in [4.69, 9.17) is 11.5 Å². The molecule has 10 atom stereocenters. The number of aliphatic hydroxyl groups excluding tert-OH is 2. The predicted molar refractivity (Wildman–Crippen MR) is 132 cm³/mol. The van der Waals surface area contributed by atoms with Crippen LogP contribution in [0.5, 0.6) is 0 Å². The molecule has 0 amide bonds. The SMILES string of the molecule is CC1C(N)C(O)C(C2CCCCC2)CC1C(C)C1CC(C2CCCCC2)C(O)C(N)C1C. The van der Waals surface area contributed by atoms with E-state index in [1.807, 2.05) is 0 Å². The lowest BCUT2D eigenvalue weighted by Gasteiger charge is -2.53. The van der Waals surface area contributed by atoms with E-state index in [9.17, 15) is 10.2 Å². The molecule has 0 bridgehead atoms. The summed E-state index contributed by atoms with van der Waals surface area (Å²) in [7, 11) is 0. The van der Waals surface area contributed by atoms with Crippen LogP contribution in [0.25, 0.3) is 0 Å². The van der Waals surface area contributed by atoms with Crippen molar-refractivity contribution in [3.8, 4) is 0 Å². The molecule has 4 fully saturated rings. The normalized spacial score (nSPS) is 48.5. The zero-order valence-electron chi connectivity index (χ0n) is 21.0. The minimum Gasteiger partial charge on any atom is -0.391 e. The van der Waals surface area contributed by atoms with Crippen LogP contribution in [0.4, 0.5) is 0 Å². The van der Waals surface area contributed by atoms with Crippen LogP contribution in [0.3, 0.4) is 0 Å². The fourth-order valence-corrected chi connectivity index (χ4v) is 8.87. The van der Waals surface area contributed by atoms with E-state index < -0.39 is 0 Å². The number of rotatable bonds is 4. The van der Waals surface area contributed by atoms with Crippen LogP contribution in [0, 0.1) is 53.3 Å². The van der Waals surface area contributed by atoms with Gasteiger partial charge in [0.2, 0.25) is 0 Å². The maximum Gasteiger partial charge on any atom is 0.0724 e. The fourth-order valence-electron chi connectivity index (χ4n) is 8.87. The Balaban J connectivity index is 1.51. The van der Waals surface area contributed by atoms with Gasteiger partial charge in [-0.1, -0.05) is 85.0 Å². The monoisotopic (exact) mass is 448 g/mol. The van der Waals surface area contributed by atoms with Crippen molar-refractivity contribution in [3.63, 3.8) is 0 Å². The van der Waals surface area contributed by atoms with E-state index in [2.05, 4.69) is 20.8 Å². The van der Waals surface area contributed by atoms with Gasteiger partial charge < -0.3 is 21.7 Å². The number of nitrogens with two attached hydrogens (primary N) is 2. The van der Waals surface area contributed by atoms with Gasteiger partial charge in [-0.2, -0.15) is 0 Å². The molecule has 0 aliphatic heterocycles. The second-order valence-corrected chi connectivity index (χ2v) is 12.6. The Morgan fingerprint density at radius 2 is 0.969 bits per heavy atom. The van der Waals surface area contributed by atoms with Gasteiger partial charge in [0.1, 0.15) is 0 Å². The van der Waals surface area contributed by atoms with Crippen LogP contribution in [0.2, 0.25) is 0 Å². The predicted octanol–water partition coefficient (Wildman–Crippen LogP) is 4.70. The third kappa shape index (κ3) is 4.81. The highest BCUT2D eigenvalue weighted by Gasteiger charge is 2.50. The molecular weight excluding hydrogens is 396 g/mol. The van der Waals surface area contributed by atoms with Gasteiger partial charge in [-0.3, -0.25) is 0 Å². The Kier molecular flexibility index (Phi) is 8.28. The van der Waals surface area contributed by atoms with Crippen molar-refractivity contribution in [1.29, 1.82) is 0 Å². The summed E-state index contributed by atoms with van der Waals surface area (Å²) in [5.74, 6) is 4.32. The van der Waals surface area contributed by atoms with Crippen molar-refractivity contribution >= 4 is 0 Å². The molecule has 4 heteroatoms. The summed E-state index contributed by atoms with van der Waals surface area (Å²) in [5.41, 5.74) is 13.4. The van der Waals surface area contributed by atoms with Crippen molar-refractivity contribution in [2.75, 3.05) is 0 Å². The van der Waals surface area contributed by atoms with E-state index >= 15 is 0 Å². The van der Waals surface area contributed by atoms with Crippen molar-refractivity contribution in [2.24, 2.45) is 64.7 Å². The molecule has 10 unspecified atom stereocenters. The molecule has 0 spiro atoms. The lowest BCUT2D eigenvalue weighted by Crippen LogP contribution is -2.58. The molecular formula is C28H52N2O2. The van der Waals surface area contributed by atoms with E-state index in [1.54, 1.807) is 0 Å². The fraction of sp³-hybridized carbons (Fsp3) is 1.00. The quantitative estimate of drug-likeness (QED) is 0.501. The highest BCUT2D eigenvalue weighted by Crippen LogP contribution is 2.51. The summed E-state index contributed by atoms with van der Waals surface area (Å²) >= 11 is 0. The summed E-state index contributed by atoms with van der Waals surface area (Å²) in [6.07, 6.45) is 14.6. The molecule has 4 nitrogen and oxygen atoms in total. The highest BCUT2D eigenvalue weighted by atomic mass is 16.3. The first kappa shape index (κ1) is 24.9. The Labute approximate surface area is 197 Å². The van der Waals surface area contributed by atoms with Crippen molar-refractivity contribution < 1.29 is 10.2 Å². The van der Waals surface area contributed by atoms with Crippen molar-refractivity contribution in [2.45, 2.75) is 122 Å². The number of hydrogen-bond acceptors (Lipinski definition) is 4. The van der Waals surface area contributed by atoms with Gasteiger partial charge in [-0.25, -0.2) is 0 Å². The van der Waals surface area contributed by atoms with Gasteiger partial charge in [0.15, 0.2) is 0 Å². The summed E-state index contributed by atoms with van der Waals surface area (Å²) in [6, 6.07) is -0.231. The van der Waals surface area contributed by atoms with E-state index in [-0.39, 0.29) is 24.3 Å². The molecule has 0 aromatic carbocycles. The third-order valence-electron chi connectivity index (χ3n) is 11.2. The molecule has 4 saturated carbocycles. The lowest BCUT2D eigenvalue weighted by molar-refractivity contribution is -0.0811. The summed E-state index contributed by atoms with van der Waals surface area (Å²) in [6.45, 7) is 7.02. The van der Waals surface area contributed by atoms with E-state index in [0.29, 0.717) is 53.3 Å². The van der Waals surface area contributed by atoms with Crippen LogP contribution in [-0.4, -0.2) is 34.5 Å². The smallest absolute Gasteiger partial charge is 0.0724 e. The Hall–Kier alpha value is -0.160. The van der Waals surface area contributed by atoms with Crippen LogP contribution >= 0.6 is 0 Å². The van der Waals surface area contributed by atoms with Crippen molar-refractivity contribution in [3.05, 3.63) is 0 Å². The first-order valence-corrected chi connectivity index (χ1v) is 14.2. The van der Waals surface area contributed by atoms with Gasteiger partial charge in [-0.15, -0.1) is 0 Å². The number of hydrogen-bond donors (Lipinski definition) is 4. The van der Waals surface area contributed by atoms with Gasteiger partial charge in [0.05, 0.1) is 12.2 Å². The standard InChI is InChI=1S/C28H52N2O2/c1-16(21-14-23(19-10-6-4-7-11-19)27(31)25(29)17(21)2)22-15-24(20-12-8-5-9-13-20)28(32)26(30)18(22)3/h16-28,31-32H,4-15,29-30H2,1-3H3. The molecule has 0 radical (unpaired) electrons. The van der Waals surface area contributed by atoms with Crippen molar-refractivity contribution in [1.82, 2.24) is 0 Å². The topological polar surface area (TPSA) is 92.5 Å². The third-order valence-corrected chi connectivity index (χ3v) is 11.2.